The third-order valence-corrected chi connectivity index (χ3v) is 2.66. The van der Waals surface area contributed by atoms with Gasteiger partial charge < -0.3 is 9.72 Å². The van der Waals surface area contributed by atoms with Crippen molar-refractivity contribution in [1.82, 2.24) is 9.97 Å². The minimum absolute atomic E-state index is 0.240. The number of nitrogens with one attached hydrogen (secondary N) is 1. The first-order chi connectivity index (χ1) is 8.24. The highest BCUT2D eigenvalue weighted by atomic mass is 32.1. The van der Waals surface area contributed by atoms with Gasteiger partial charge in [-0.15, -0.1) is 0 Å². The van der Waals surface area contributed by atoms with E-state index in [1.54, 1.807) is 18.3 Å². The van der Waals surface area contributed by atoms with Gasteiger partial charge in [0.15, 0.2) is 11.6 Å². The predicted molar refractivity (Wildman–Crippen MR) is 68.1 cm³/mol. The Morgan fingerprint density at radius 2 is 2.29 bits per heavy atom. The summed E-state index contributed by atoms with van der Waals surface area (Å²) in [5.74, 6) is 1.44. The van der Waals surface area contributed by atoms with Crippen molar-refractivity contribution in [2.45, 2.75) is 6.42 Å². The van der Waals surface area contributed by atoms with Crippen molar-refractivity contribution in [3.8, 4) is 17.0 Å². The number of methoxy groups -OCH3 is 1. The molecule has 2 rings (SSSR count). The van der Waals surface area contributed by atoms with Crippen LogP contribution in [0.1, 0.15) is 5.82 Å². The summed E-state index contributed by atoms with van der Waals surface area (Å²) in [4.78, 5) is 7.32. The van der Waals surface area contributed by atoms with Crippen molar-refractivity contribution in [2.24, 2.45) is 0 Å². The average Bonchev–Trinajstić information content (AvgIpc) is 2.78. The molecule has 90 valence electrons. The molecule has 3 nitrogen and oxygen atoms in total. The van der Waals surface area contributed by atoms with Gasteiger partial charge in [0, 0.05) is 12.0 Å². The fourth-order valence-corrected chi connectivity index (χ4v) is 1.79. The third kappa shape index (κ3) is 2.61. The summed E-state index contributed by atoms with van der Waals surface area (Å²) < 4.78 is 18.4. The second kappa shape index (κ2) is 5.23. The molecule has 0 unspecified atom stereocenters. The molecular weight excluding hydrogens is 239 g/mol. The van der Waals surface area contributed by atoms with Crippen molar-refractivity contribution in [3.05, 3.63) is 36.0 Å². The van der Waals surface area contributed by atoms with Gasteiger partial charge >= 0.3 is 0 Å². The SMILES string of the molecule is COc1ccc(-c2cnc(CCS)[nH]2)cc1F. The number of ether oxygens (including phenoxy) is 1. The Balaban J connectivity index is 2.29. The largest absolute Gasteiger partial charge is 0.494 e. The highest BCUT2D eigenvalue weighted by Crippen LogP contribution is 2.24. The summed E-state index contributed by atoms with van der Waals surface area (Å²) in [6.45, 7) is 0. The van der Waals surface area contributed by atoms with Gasteiger partial charge in [-0.05, 0) is 24.0 Å². The molecule has 1 aromatic heterocycles. The van der Waals surface area contributed by atoms with E-state index in [4.69, 9.17) is 4.74 Å². The molecule has 0 bridgehead atoms. The van der Waals surface area contributed by atoms with Gasteiger partial charge in [0.05, 0.1) is 19.0 Å². The fourth-order valence-electron chi connectivity index (χ4n) is 1.58. The van der Waals surface area contributed by atoms with E-state index in [1.807, 2.05) is 0 Å². The second-order valence-corrected chi connectivity index (χ2v) is 4.01. The first-order valence-corrected chi connectivity index (χ1v) is 5.86. The lowest BCUT2D eigenvalue weighted by molar-refractivity contribution is 0.386. The topological polar surface area (TPSA) is 37.9 Å². The van der Waals surface area contributed by atoms with E-state index in [0.29, 0.717) is 0 Å². The molecule has 0 aliphatic rings. The van der Waals surface area contributed by atoms with Crippen LogP contribution in [0, 0.1) is 5.82 Å². The highest BCUT2D eigenvalue weighted by Gasteiger charge is 2.07. The van der Waals surface area contributed by atoms with Crippen LogP contribution in [0.25, 0.3) is 11.3 Å². The molecule has 0 atom stereocenters. The van der Waals surface area contributed by atoms with E-state index in [2.05, 4.69) is 22.6 Å². The van der Waals surface area contributed by atoms with Crippen molar-refractivity contribution in [3.63, 3.8) is 0 Å². The Bertz CT molecular complexity index is 513. The molecule has 17 heavy (non-hydrogen) atoms. The van der Waals surface area contributed by atoms with Gasteiger partial charge in [0.25, 0.3) is 0 Å². The van der Waals surface area contributed by atoms with Crippen LogP contribution in [-0.2, 0) is 6.42 Å². The highest BCUT2D eigenvalue weighted by molar-refractivity contribution is 7.80. The Morgan fingerprint density at radius 3 is 2.94 bits per heavy atom. The predicted octanol–water partition coefficient (Wildman–Crippen LogP) is 2.70. The third-order valence-electron chi connectivity index (χ3n) is 2.44. The molecule has 0 aliphatic carbocycles. The van der Waals surface area contributed by atoms with Crippen LogP contribution < -0.4 is 4.74 Å². The molecule has 5 heteroatoms. The normalized spacial score (nSPS) is 10.5. The maximum absolute atomic E-state index is 13.5. The van der Waals surface area contributed by atoms with E-state index in [-0.39, 0.29) is 11.6 Å². The number of nitrogens with zero attached hydrogens (tertiary/aromatic N) is 1. The summed E-state index contributed by atoms with van der Waals surface area (Å²) in [6.07, 6.45) is 2.46. The van der Waals surface area contributed by atoms with Crippen LogP contribution in [0.3, 0.4) is 0 Å². The molecule has 0 fully saturated rings. The molecule has 0 saturated carbocycles. The van der Waals surface area contributed by atoms with Crippen LogP contribution in [0.2, 0.25) is 0 Å². The average molecular weight is 252 g/mol. The standard InChI is InChI=1S/C12H13FN2OS/c1-16-11-3-2-8(6-9(11)13)10-7-14-12(15-10)4-5-17/h2-3,6-7,17H,4-5H2,1H3,(H,14,15). The van der Waals surface area contributed by atoms with Crippen LogP contribution in [0.15, 0.2) is 24.4 Å². The minimum Gasteiger partial charge on any atom is -0.494 e. The summed E-state index contributed by atoms with van der Waals surface area (Å²) in [5.41, 5.74) is 1.55. The molecule has 0 aliphatic heterocycles. The summed E-state index contributed by atoms with van der Waals surface area (Å²) in [7, 11) is 1.44. The van der Waals surface area contributed by atoms with Gasteiger partial charge in [-0.1, -0.05) is 0 Å². The molecule has 0 saturated heterocycles. The van der Waals surface area contributed by atoms with Crippen molar-refractivity contribution in [1.29, 1.82) is 0 Å². The lowest BCUT2D eigenvalue weighted by Crippen LogP contribution is -1.90. The zero-order chi connectivity index (χ0) is 12.3. The number of hydrogen-bond acceptors (Lipinski definition) is 3. The Hall–Kier alpha value is -1.49. The fraction of sp³-hybridized carbons (Fsp3) is 0.250. The number of aromatic amines is 1. The van der Waals surface area contributed by atoms with Crippen LogP contribution in [0.4, 0.5) is 4.39 Å². The van der Waals surface area contributed by atoms with Gasteiger partial charge in [-0.2, -0.15) is 12.6 Å². The Kier molecular flexibility index (Phi) is 3.68. The summed E-state index contributed by atoms with van der Waals surface area (Å²) in [5, 5.41) is 0. The van der Waals surface area contributed by atoms with Crippen molar-refractivity contribution < 1.29 is 9.13 Å². The summed E-state index contributed by atoms with van der Waals surface area (Å²) in [6, 6.07) is 4.82. The maximum Gasteiger partial charge on any atom is 0.165 e. The number of H-pyrrole nitrogens is 1. The number of rotatable bonds is 4. The molecule has 1 heterocycles. The monoisotopic (exact) mass is 252 g/mol. The molecule has 0 amide bonds. The van der Waals surface area contributed by atoms with Crippen molar-refractivity contribution >= 4 is 12.6 Å². The number of aryl methyl sites for hydroxylation is 1. The summed E-state index contributed by atoms with van der Waals surface area (Å²) >= 11 is 4.13. The van der Waals surface area contributed by atoms with E-state index < -0.39 is 0 Å². The van der Waals surface area contributed by atoms with E-state index >= 15 is 0 Å². The van der Waals surface area contributed by atoms with Crippen molar-refractivity contribution in [2.75, 3.05) is 12.9 Å². The number of hydrogen-bond donors (Lipinski definition) is 2. The quantitative estimate of drug-likeness (QED) is 0.821. The van der Waals surface area contributed by atoms with Gasteiger partial charge in [0.2, 0.25) is 0 Å². The number of imidazole rings is 1. The molecule has 0 radical (unpaired) electrons. The molecule has 1 N–H and O–H groups in total. The molecule has 0 spiro atoms. The second-order valence-electron chi connectivity index (χ2n) is 3.57. The van der Waals surface area contributed by atoms with Crippen LogP contribution >= 0.6 is 12.6 Å². The lowest BCUT2D eigenvalue weighted by Gasteiger charge is -2.03. The minimum atomic E-state index is -0.379. The van der Waals surface area contributed by atoms with Gasteiger partial charge in [-0.3, -0.25) is 0 Å². The first-order valence-electron chi connectivity index (χ1n) is 5.23. The molecule has 1 aromatic carbocycles. The van der Waals surface area contributed by atoms with Crippen LogP contribution in [0.5, 0.6) is 5.75 Å². The Labute approximate surface area is 104 Å². The van der Waals surface area contributed by atoms with E-state index in [1.165, 1.54) is 13.2 Å². The number of benzene rings is 1. The zero-order valence-corrected chi connectivity index (χ0v) is 10.3. The zero-order valence-electron chi connectivity index (χ0n) is 9.40. The van der Waals surface area contributed by atoms with Gasteiger partial charge in [0.1, 0.15) is 5.82 Å². The van der Waals surface area contributed by atoms with Crippen LogP contribution in [-0.4, -0.2) is 22.8 Å². The smallest absolute Gasteiger partial charge is 0.165 e. The molecular formula is C12H13FN2OS. The van der Waals surface area contributed by atoms with E-state index in [0.717, 1.165) is 29.3 Å². The number of halogens is 1. The number of aromatic nitrogens is 2. The maximum atomic E-state index is 13.5. The Morgan fingerprint density at radius 1 is 1.47 bits per heavy atom. The lowest BCUT2D eigenvalue weighted by atomic mass is 10.1. The van der Waals surface area contributed by atoms with E-state index in [9.17, 15) is 4.39 Å². The molecule has 2 aromatic rings. The number of thiol groups is 1. The first kappa shape index (κ1) is 12.0. The van der Waals surface area contributed by atoms with Gasteiger partial charge in [-0.25, -0.2) is 9.37 Å².